The number of hydrogen-bond acceptors (Lipinski definition) is 5. The van der Waals surface area contributed by atoms with Gasteiger partial charge in [-0.05, 0) is 18.9 Å². The van der Waals surface area contributed by atoms with Crippen LogP contribution >= 0.6 is 11.6 Å². The van der Waals surface area contributed by atoms with Crippen molar-refractivity contribution < 1.29 is 27.1 Å². The first kappa shape index (κ1) is 20.7. The van der Waals surface area contributed by atoms with E-state index in [2.05, 4.69) is 15.1 Å². The maximum Gasteiger partial charge on any atom is 0.434 e. The van der Waals surface area contributed by atoms with E-state index in [1.165, 1.54) is 17.9 Å². The van der Waals surface area contributed by atoms with E-state index >= 15 is 0 Å². The second kappa shape index (κ2) is 6.71. The molecule has 1 aliphatic carbocycles. The first-order valence-electron chi connectivity index (χ1n) is 8.64. The highest BCUT2D eigenvalue weighted by molar-refractivity contribution is 6.31. The molecule has 160 valence electrons. The Morgan fingerprint density at radius 3 is 2.43 bits per heavy atom. The summed E-state index contributed by atoms with van der Waals surface area (Å²) in [7, 11) is 1.21. The molecule has 1 aliphatic rings. The molecule has 3 aromatic rings. The molecule has 0 aromatic carbocycles. The maximum atomic E-state index is 14.1. The molecule has 3 aromatic heterocycles. The van der Waals surface area contributed by atoms with Crippen LogP contribution in [0.3, 0.4) is 0 Å². The summed E-state index contributed by atoms with van der Waals surface area (Å²) in [4.78, 5) is 19.8. The number of hydrogen-bond donors (Lipinski definition) is 1. The lowest BCUT2D eigenvalue weighted by molar-refractivity contribution is -0.141. The molecular weight excluding hydrogens is 437 g/mol. The highest BCUT2D eigenvalue weighted by Gasteiger charge is 2.48. The van der Waals surface area contributed by atoms with Gasteiger partial charge in [-0.25, -0.2) is 18.7 Å². The van der Waals surface area contributed by atoms with Crippen LogP contribution in [-0.2, 0) is 18.8 Å². The lowest BCUT2D eigenvalue weighted by Crippen LogP contribution is -2.38. The Bertz CT molecular complexity index is 1200. The van der Waals surface area contributed by atoms with Crippen molar-refractivity contribution in [2.75, 3.05) is 0 Å². The Hall–Kier alpha value is -2.60. The topological polar surface area (TPSA) is 85.8 Å². The van der Waals surface area contributed by atoms with E-state index in [1.807, 2.05) is 0 Å². The summed E-state index contributed by atoms with van der Waals surface area (Å²) in [5.41, 5.74) is -7.02. The summed E-state index contributed by atoms with van der Waals surface area (Å²) in [5.74, 6) is 0. The van der Waals surface area contributed by atoms with Crippen LogP contribution in [0, 0.1) is 0 Å². The van der Waals surface area contributed by atoms with E-state index in [1.54, 1.807) is 0 Å². The Kier molecular flexibility index (Phi) is 4.62. The fourth-order valence-electron chi connectivity index (χ4n) is 3.33. The van der Waals surface area contributed by atoms with Crippen LogP contribution < -0.4 is 5.56 Å². The maximum absolute atomic E-state index is 14.1. The highest BCUT2D eigenvalue weighted by Crippen LogP contribution is 2.41. The van der Waals surface area contributed by atoms with E-state index in [4.69, 9.17) is 11.6 Å². The number of aromatic nitrogens is 5. The van der Waals surface area contributed by atoms with Crippen molar-refractivity contribution in [3.05, 3.63) is 50.9 Å². The smallest absolute Gasteiger partial charge is 0.373 e. The first-order chi connectivity index (χ1) is 14.0. The van der Waals surface area contributed by atoms with Gasteiger partial charge < -0.3 is 5.11 Å². The van der Waals surface area contributed by atoms with Crippen LogP contribution in [0.4, 0.5) is 22.0 Å². The van der Waals surface area contributed by atoms with Gasteiger partial charge in [0.2, 0.25) is 0 Å². The van der Waals surface area contributed by atoms with E-state index in [0.29, 0.717) is 12.3 Å². The number of nitrogens with zero attached hydrogens (tertiary/aromatic N) is 5. The van der Waals surface area contributed by atoms with Crippen molar-refractivity contribution in [2.45, 2.75) is 37.1 Å². The lowest BCUT2D eigenvalue weighted by atomic mass is 9.90. The molecule has 0 aliphatic heterocycles. The second-order valence-corrected chi connectivity index (χ2v) is 7.38. The molecule has 1 saturated carbocycles. The van der Waals surface area contributed by atoms with Crippen molar-refractivity contribution in [3.8, 4) is 0 Å². The van der Waals surface area contributed by atoms with Gasteiger partial charge in [0, 0.05) is 24.8 Å². The van der Waals surface area contributed by atoms with E-state index in [-0.39, 0.29) is 17.1 Å². The number of alkyl halides is 5. The van der Waals surface area contributed by atoms with Gasteiger partial charge in [0.1, 0.15) is 11.2 Å². The minimum Gasteiger partial charge on any atom is -0.373 e. The molecule has 7 nitrogen and oxygen atoms in total. The van der Waals surface area contributed by atoms with Gasteiger partial charge >= 0.3 is 6.18 Å². The van der Waals surface area contributed by atoms with Gasteiger partial charge in [0.25, 0.3) is 12.0 Å². The van der Waals surface area contributed by atoms with Gasteiger partial charge in [0.05, 0.1) is 11.3 Å². The molecule has 1 atom stereocenters. The largest absolute Gasteiger partial charge is 0.434 e. The predicted octanol–water partition coefficient (Wildman–Crippen LogP) is 3.03. The number of fused-ring (bicyclic) bond motifs is 1. The Morgan fingerprint density at radius 2 is 1.90 bits per heavy atom. The van der Waals surface area contributed by atoms with E-state index in [9.17, 15) is 31.9 Å². The fraction of sp³-hybridized carbons (Fsp3) is 0.412. The van der Waals surface area contributed by atoms with Crippen LogP contribution in [-0.4, -0.2) is 35.8 Å². The molecular formula is C17H13ClF5N5O2. The minimum atomic E-state index is -4.91. The summed E-state index contributed by atoms with van der Waals surface area (Å²) in [6.07, 6.45) is -5.26. The van der Waals surface area contributed by atoms with Crippen molar-refractivity contribution >= 4 is 22.6 Å². The van der Waals surface area contributed by atoms with Gasteiger partial charge in [-0.1, -0.05) is 11.6 Å². The Balaban J connectivity index is 1.95. The zero-order chi connectivity index (χ0) is 22.0. The van der Waals surface area contributed by atoms with Crippen LogP contribution in [0.25, 0.3) is 11.0 Å². The van der Waals surface area contributed by atoms with Crippen LogP contribution in [0.2, 0.25) is 5.02 Å². The quantitative estimate of drug-likeness (QED) is 0.619. The van der Waals surface area contributed by atoms with Crippen molar-refractivity contribution in [2.24, 2.45) is 7.05 Å². The first-order valence-corrected chi connectivity index (χ1v) is 9.02. The molecule has 4 rings (SSSR count). The second-order valence-electron chi connectivity index (χ2n) is 6.98. The minimum absolute atomic E-state index is 0.0493. The van der Waals surface area contributed by atoms with Crippen LogP contribution in [0.1, 0.15) is 35.8 Å². The third kappa shape index (κ3) is 3.05. The number of rotatable bonds is 4. The monoisotopic (exact) mass is 449 g/mol. The summed E-state index contributed by atoms with van der Waals surface area (Å²) >= 11 is 5.60. The third-order valence-corrected chi connectivity index (χ3v) is 5.23. The Labute approximate surface area is 169 Å². The molecule has 0 radical (unpaired) electrons. The van der Waals surface area contributed by atoms with Crippen molar-refractivity contribution in [1.29, 1.82) is 0 Å². The average Bonchev–Trinajstić information content (AvgIpc) is 3.42. The molecule has 1 fully saturated rings. The standard InChI is InChI=1S/C17H13ClF5N5O2/c1-27-13(10-11(26-27)14(29)28(6-25-10)8-2-3-8)16(30,15(19)20)7-4-9(18)12(24-5-7)17(21,22)23/h4-6,8,15,30H,2-3H2,1H3/t16-/m0/s1. The molecule has 30 heavy (non-hydrogen) atoms. The normalized spacial score (nSPS) is 17.0. The predicted molar refractivity (Wildman–Crippen MR) is 94.3 cm³/mol. The van der Waals surface area contributed by atoms with Crippen LogP contribution in [0.5, 0.6) is 0 Å². The van der Waals surface area contributed by atoms with Gasteiger partial charge in [0.15, 0.2) is 16.8 Å². The molecule has 0 bridgehead atoms. The summed E-state index contributed by atoms with van der Waals surface area (Å²) in [5, 5.41) is 13.9. The molecule has 3 heterocycles. The summed E-state index contributed by atoms with van der Waals surface area (Å²) in [6, 6.07) is 0.514. The van der Waals surface area contributed by atoms with Gasteiger partial charge in [-0.2, -0.15) is 18.3 Å². The zero-order valence-electron chi connectivity index (χ0n) is 15.2. The van der Waals surface area contributed by atoms with Gasteiger partial charge in [-0.15, -0.1) is 0 Å². The van der Waals surface area contributed by atoms with E-state index < -0.39 is 45.7 Å². The van der Waals surface area contributed by atoms with E-state index in [0.717, 1.165) is 17.5 Å². The number of halogens is 6. The Morgan fingerprint density at radius 1 is 1.23 bits per heavy atom. The number of aliphatic hydroxyl groups is 1. The molecule has 0 unspecified atom stereocenters. The summed E-state index contributed by atoms with van der Waals surface area (Å²) < 4.78 is 69.2. The zero-order valence-corrected chi connectivity index (χ0v) is 15.9. The average molecular weight is 450 g/mol. The van der Waals surface area contributed by atoms with Crippen LogP contribution in [0.15, 0.2) is 23.4 Å². The molecule has 0 amide bonds. The third-order valence-electron chi connectivity index (χ3n) is 4.94. The lowest BCUT2D eigenvalue weighted by Gasteiger charge is -2.28. The van der Waals surface area contributed by atoms with Crippen molar-refractivity contribution in [1.82, 2.24) is 24.3 Å². The molecule has 13 heteroatoms. The SMILES string of the molecule is Cn1nc2c(=O)n(C3CC3)cnc2c1[C@@](O)(c1cnc(C(F)(F)F)c(Cl)c1)C(F)F. The highest BCUT2D eigenvalue weighted by atomic mass is 35.5. The van der Waals surface area contributed by atoms with Crippen molar-refractivity contribution in [3.63, 3.8) is 0 Å². The van der Waals surface area contributed by atoms with Gasteiger partial charge in [-0.3, -0.25) is 14.0 Å². The molecule has 0 spiro atoms. The summed E-state index contributed by atoms with van der Waals surface area (Å²) in [6.45, 7) is 0. The fourth-order valence-corrected chi connectivity index (χ4v) is 3.61. The molecule has 0 saturated heterocycles. The molecule has 1 N–H and O–H groups in total. The number of pyridine rings is 1. The number of aryl methyl sites for hydroxylation is 1.